The number of ether oxygens (including phenoxy) is 1. The highest BCUT2D eigenvalue weighted by molar-refractivity contribution is 5.78. The van der Waals surface area contributed by atoms with Gasteiger partial charge in [0, 0.05) is 26.6 Å². The second-order valence-corrected chi connectivity index (χ2v) is 4.62. The minimum absolute atomic E-state index is 0.156. The zero-order valence-electron chi connectivity index (χ0n) is 9.77. The number of β-amino-alcohol motifs (C(OH)–C–C–N with tert-alkyl or cyclic N) is 1. The molecule has 0 aliphatic carbocycles. The summed E-state index contributed by atoms with van der Waals surface area (Å²) in [5, 5.41) is 9.53. The van der Waals surface area contributed by atoms with Crippen LogP contribution in [0.3, 0.4) is 0 Å². The first-order valence-corrected chi connectivity index (χ1v) is 5.49. The number of carbonyl (C=O) groups is 1. The molecule has 1 aliphatic heterocycles. The van der Waals surface area contributed by atoms with Crippen molar-refractivity contribution in [1.82, 2.24) is 4.90 Å². The summed E-state index contributed by atoms with van der Waals surface area (Å²) in [5.74, 6) is 1.12. The molecule has 1 heterocycles. The summed E-state index contributed by atoms with van der Waals surface area (Å²) in [6.45, 7) is 5.73. The summed E-state index contributed by atoms with van der Waals surface area (Å²) in [7, 11) is 1.55. The molecule has 0 aromatic heterocycles. The molecule has 1 N–H and O–H groups in total. The zero-order chi connectivity index (χ0) is 11.4. The molecule has 0 spiro atoms. The van der Waals surface area contributed by atoms with Gasteiger partial charge in [0.1, 0.15) is 0 Å². The molecule has 1 aliphatic rings. The first kappa shape index (κ1) is 12.5. The quantitative estimate of drug-likeness (QED) is 0.726. The standard InChI is InChI=1S/C11H21NO3/c1-8(2)9-4-11(14)12(5-9)6-10(13)7-15-3/h8-10,13H,4-7H2,1-3H3. The lowest BCUT2D eigenvalue weighted by molar-refractivity contribution is -0.129. The summed E-state index contributed by atoms with van der Waals surface area (Å²) in [4.78, 5) is 13.3. The number of rotatable bonds is 5. The Hall–Kier alpha value is -0.610. The molecule has 1 amide bonds. The van der Waals surface area contributed by atoms with E-state index >= 15 is 0 Å². The molecule has 4 heteroatoms. The predicted octanol–water partition coefficient (Wildman–Crippen LogP) is 0.498. The number of aliphatic hydroxyl groups is 1. The van der Waals surface area contributed by atoms with Gasteiger partial charge in [-0.3, -0.25) is 4.79 Å². The molecule has 0 aromatic carbocycles. The first-order valence-electron chi connectivity index (χ1n) is 5.49. The average Bonchev–Trinajstić information content (AvgIpc) is 2.48. The van der Waals surface area contributed by atoms with E-state index in [2.05, 4.69) is 13.8 Å². The molecule has 0 saturated carbocycles. The third-order valence-corrected chi connectivity index (χ3v) is 2.98. The van der Waals surface area contributed by atoms with E-state index in [1.807, 2.05) is 0 Å². The molecule has 1 fully saturated rings. The van der Waals surface area contributed by atoms with E-state index in [1.54, 1.807) is 12.0 Å². The molecule has 88 valence electrons. The first-order chi connectivity index (χ1) is 7.04. The Kier molecular flexibility index (Phi) is 4.54. The van der Waals surface area contributed by atoms with Crippen LogP contribution in [0.1, 0.15) is 20.3 Å². The van der Waals surface area contributed by atoms with Crippen LogP contribution in [0.2, 0.25) is 0 Å². The molecule has 1 rings (SSSR count). The highest BCUT2D eigenvalue weighted by Crippen LogP contribution is 2.24. The van der Waals surface area contributed by atoms with Crippen LogP contribution >= 0.6 is 0 Å². The number of methoxy groups -OCH3 is 1. The van der Waals surface area contributed by atoms with Crippen molar-refractivity contribution in [2.24, 2.45) is 11.8 Å². The Morgan fingerprint density at radius 2 is 2.27 bits per heavy atom. The van der Waals surface area contributed by atoms with Crippen molar-refractivity contribution in [1.29, 1.82) is 0 Å². The van der Waals surface area contributed by atoms with Gasteiger partial charge in [-0.15, -0.1) is 0 Å². The Morgan fingerprint density at radius 1 is 1.60 bits per heavy atom. The molecular weight excluding hydrogens is 194 g/mol. The van der Waals surface area contributed by atoms with Crippen molar-refractivity contribution in [3.05, 3.63) is 0 Å². The van der Waals surface area contributed by atoms with Gasteiger partial charge in [-0.1, -0.05) is 13.8 Å². The third-order valence-electron chi connectivity index (χ3n) is 2.98. The van der Waals surface area contributed by atoms with Gasteiger partial charge in [0.25, 0.3) is 0 Å². The van der Waals surface area contributed by atoms with Crippen LogP contribution in [0.4, 0.5) is 0 Å². The normalized spacial score (nSPS) is 23.9. The molecular formula is C11H21NO3. The Balaban J connectivity index is 2.40. The van der Waals surface area contributed by atoms with E-state index in [0.29, 0.717) is 24.8 Å². The summed E-state index contributed by atoms with van der Waals surface area (Å²) >= 11 is 0. The molecule has 15 heavy (non-hydrogen) atoms. The number of amides is 1. The van der Waals surface area contributed by atoms with Crippen molar-refractivity contribution < 1.29 is 14.6 Å². The monoisotopic (exact) mass is 215 g/mol. The Morgan fingerprint density at radius 3 is 2.73 bits per heavy atom. The maximum Gasteiger partial charge on any atom is 0.223 e. The Bertz CT molecular complexity index is 218. The SMILES string of the molecule is COCC(O)CN1CC(C(C)C)CC1=O. The van der Waals surface area contributed by atoms with Gasteiger partial charge in [-0.05, 0) is 11.8 Å². The van der Waals surface area contributed by atoms with Crippen LogP contribution in [-0.2, 0) is 9.53 Å². The predicted molar refractivity (Wildman–Crippen MR) is 57.4 cm³/mol. The van der Waals surface area contributed by atoms with Gasteiger partial charge in [-0.25, -0.2) is 0 Å². The molecule has 1 saturated heterocycles. The molecule has 2 unspecified atom stereocenters. The van der Waals surface area contributed by atoms with Crippen molar-refractivity contribution in [2.75, 3.05) is 26.8 Å². The van der Waals surface area contributed by atoms with E-state index in [1.165, 1.54) is 0 Å². The number of aliphatic hydroxyl groups excluding tert-OH is 1. The lowest BCUT2D eigenvalue weighted by Gasteiger charge is -2.20. The fourth-order valence-corrected chi connectivity index (χ4v) is 1.93. The second-order valence-electron chi connectivity index (χ2n) is 4.62. The fraction of sp³-hybridized carbons (Fsp3) is 0.909. The van der Waals surface area contributed by atoms with E-state index < -0.39 is 6.10 Å². The lowest BCUT2D eigenvalue weighted by Crippen LogP contribution is -2.36. The summed E-state index contributed by atoms with van der Waals surface area (Å²) < 4.78 is 4.84. The van der Waals surface area contributed by atoms with E-state index in [0.717, 1.165) is 6.54 Å². The van der Waals surface area contributed by atoms with Crippen LogP contribution in [0, 0.1) is 11.8 Å². The smallest absolute Gasteiger partial charge is 0.223 e. The second kappa shape index (κ2) is 5.47. The molecule has 2 atom stereocenters. The van der Waals surface area contributed by atoms with E-state index in [-0.39, 0.29) is 12.5 Å². The van der Waals surface area contributed by atoms with Crippen molar-refractivity contribution >= 4 is 5.91 Å². The van der Waals surface area contributed by atoms with Gasteiger partial charge in [0.15, 0.2) is 0 Å². The van der Waals surface area contributed by atoms with Gasteiger partial charge in [0.2, 0.25) is 5.91 Å². The fourth-order valence-electron chi connectivity index (χ4n) is 1.93. The topological polar surface area (TPSA) is 49.8 Å². The minimum atomic E-state index is -0.565. The van der Waals surface area contributed by atoms with Gasteiger partial charge in [0.05, 0.1) is 12.7 Å². The van der Waals surface area contributed by atoms with Gasteiger partial charge in [-0.2, -0.15) is 0 Å². The third kappa shape index (κ3) is 3.47. The van der Waals surface area contributed by atoms with Crippen molar-refractivity contribution in [3.8, 4) is 0 Å². The van der Waals surface area contributed by atoms with Crippen LogP contribution in [0.5, 0.6) is 0 Å². The maximum absolute atomic E-state index is 11.6. The average molecular weight is 215 g/mol. The minimum Gasteiger partial charge on any atom is -0.389 e. The zero-order valence-corrected chi connectivity index (χ0v) is 9.77. The Labute approximate surface area is 91.2 Å². The van der Waals surface area contributed by atoms with Crippen molar-refractivity contribution in [3.63, 3.8) is 0 Å². The summed E-state index contributed by atoms with van der Waals surface area (Å²) in [6.07, 6.45) is 0.0574. The van der Waals surface area contributed by atoms with E-state index in [9.17, 15) is 9.90 Å². The molecule has 0 aromatic rings. The highest BCUT2D eigenvalue weighted by atomic mass is 16.5. The van der Waals surface area contributed by atoms with Crippen LogP contribution < -0.4 is 0 Å². The van der Waals surface area contributed by atoms with E-state index in [4.69, 9.17) is 4.74 Å². The highest BCUT2D eigenvalue weighted by Gasteiger charge is 2.32. The van der Waals surface area contributed by atoms with Crippen LogP contribution in [-0.4, -0.2) is 48.8 Å². The van der Waals surface area contributed by atoms with Crippen LogP contribution in [0.25, 0.3) is 0 Å². The summed E-state index contributed by atoms with van der Waals surface area (Å²) in [5.41, 5.74) is 0. The van der Waals surface area contributed by atoms with Crippen LogP contribution in [0.15, 0.2) is 0 Å². The molecule has 0 bridgehead atoms. The number of nitrogens with zero attached hydrogens (tertiary/aromatic N) is 1. The van der Waals surface area contributed by atoms with Gasteiger partial charge >= 0.3 is 0 Å². The maximum atomic E-state index is 11.6. The van der Waals surface area contributed by atoms with Crippen molar-refractivity contribution in [2.45, 2.75) is 26.4 Å². The lowest BCUT2D eigenvalue weighted by atomic mass is 9.95. The molecule has 4 nitrogen and oxygen atoms in total. The number of hydrogen-bond donors (Lipinski definition) is 1. The largest absolute Gasteiger partial charge is 0.389 e. The van der Waals surface area contributed by atoms with Gasteiger partial charge < -0.3 is 14.7 Å². The molecule has 0 radical (unpaired) electrons. The summed E-state index contributed by atoms with van der Waals surface area (Å²) in [6, 6.07) is 0. The number of hydrogen-bond acceptors (Lipinski definition) is 3. The number of likely N-dealkylation sites (tertiary alicyclic amines) is 1. The number of carbonyl (C=O) groups excluding carboxylic acids is 1.